The summed E-state index contributed by atoms with van der Waals surface area (Å²) in [5.74, 6) is -0.202. The number of sulfonamides is 1. The molecule has 0 unspecified atom stereocenters. The minimum atomic E-state index is -3.76. The molecule has 3 N–H and O–H groups in total. The third kappa shape index (κ3) is 7.08. The lowest BCUT2D eigenvalue weighted by atomic mass is 10.1. The van der Waals surface area contributed by atoms with Gasteiger partial charge >= 0.3 is 0 Å². The highest BCUT2D eigenvalue weighted by molar-refractivity contribution is 7.92. The van der Waals surface area contributed by atoms with Crippen LogP contribution in [0.15, 0.2) is 71.6 Å². The van der Waals surface area contributed by atoms with Gasteiger partial charge in [0.2, 0.25) is 5.91 Å². The Labute approximate surface area is 193 Å². The molecule has 33 heavy (non-hydrogen) atoms. The lowest BCUT2D eigenvalue weighted by Gasteiger charge is -2.11. The number of hydrogen-bond acceptors (Lipinski definition) is 5. The van der Waals surface area contributed by atoms with Crippen molar-refractivity contribution in [1.29, 1.82) is 0 Å². The number of aryl methyl sites for hydroxylation is 2. The third-order valence-electron chi connectivity index (χ3n) is 4.47. The molecule has 0 saturated carbocycles. The van der Waals surface area contributed by atoms with E-state index in [0.29, 0.717) is 22.8 Å². The van der Waals surface area contributed by atoms with E-state index in [4.69, 9.17) is 4.74 Å². The Kier molecular flexibility index (Phi) is 7.34. The van der Waals surface area contributed by atoms with Crippen molar-refractivity contribution in [1.82, 2.24) is 0 Å². The molecule has 9 heteroatoms. The van der Waals surface area contributed by atoms with Crippen molar-refractivity contribution in [2.45, 2.75) is 25.7 Å². The number of anilines is 3. The summed E-state index contributed by atoms with van der Waals surface area (Å²) in [7, 11) is -3.76. The number of ether oxygens (including phenoxy) is 1. The number of rotatable bonds is 8. The van der Waals surface area contributed by atoms with Crippen LogP contribution in [-0.4, -0.2) is 26.8 Å². The summed E-state index contributed by atoms with van der Waals surface area (Å²) in [5.41, 5.74) is 3.59. The van der Waals surface area contributed by atoms with Crippen LogP contribution in [0.2, 0.25) is 0 Å². The van der Waals surface area contributed by atoms with Crippen molar-refractivity contribution in [2.24, 2.45) is 0 Å². The van der Waals surface area contributed by atoms with Crippen molar-refractivity contribution < 1.29 is 22.7 Å². The normalized spacial score (nSPS) is 10.9. The Hall–Kier alpha value is -3.85. The molecule has 3 aromatic carbocycles. The summed E-state index contributed by atoms with van der Waals surface area (Å²) in [6.07, 6.45) is 0. The zero-order valence-electron chi connectivity index (χ0n) is 18.5. The molecule has 0 spiro atoms. The van der Waals surface area contributed by atoms with Gasteiger partial charge in [-0.2, -0.15) is 0 Å². The van der Waals surface area contributed by atoms with Crippen LogP contribution in [0.25, 0.3) is 0 Å². The molecule has 0 aliphatic heterocycles. The molecule has 172 valence electrons. The van der Waals surface area contributed by atoms with Gasteiger partial charge < -0.3 is 15.4 Å². The molecule has 2 amide bonds. The summed E-state index contributed by atoms with van der Waals surface area (Å²) < 4.78 is 33.3. The second kappa shape index (κ2) is 10.2. The van der Waals surface area contributed by atoms with E-state index in [2.05, 4.69) is 15.4 Å². The third-order valence-corrected chi connectivity index (χ3v) is 5.86. The Morgan fingerprint density at radius 3 is 1.88 bits per heavy atom. The Morgan fingerprint density at radius 1 is 0.788 bits per heavy atom. The molecule has 0 saturated heterocycles. The standard InChI is InChI=1S/C24H25N3O5S/c1-16-12-17(2)14-21(13-16)27-33(30,31)23-10-8-22(9-11-23)32-15-24(29)26-20-6-4-19(5-7-20)25-18(3)28/h4-14,27H,15H2,1-3H3,(H,25,28)(H,26,29). The first-order chi connectivity index (χ1) is 15.6. The molecule has 0 atom stereocenters. The molecule has 0 aliphatic carbocycles. The van der Waals surface area contributed by atoms with Crippen molar-refractivity contribution in [3.63, 3.8) is 0 Å². The van der Waals surface area contributed by atoms with Crippen LogP contribution in [0, 0.1) is 13.8 Å². The van der Waals surface area contributed by atoms with Crippen LogP contribution < -0.4 is 20.1 Å². The fourth-order valence-electron chi connectivity index (χ4n) is 3.15. The Bertz CT molecular complexity index is 1230. The number of nitrogens with one attached hydrogen (secondary N) is 3. The van der Waals surface area contributed by atoms with Crippen molar-refractivity contribution >= 4 is 38.9 Å². The van der Waals surface area contributed by atoms with Gasteiger partial charge in [0.15, 0.2) is 6.61 Å². The second-order valence-electron chi connectivity index (χ2n) is 7.55. The van der Waals surface area contributed by atoms with E-state index in [0.717, 1.165) is 11.1 Å². The van der Waals surface area contributed by atoms with Crippen molar-refractivity contribution in [3.8, 4) is 5.75 Å². The molecular weight excluding hydrogens is 442 g/mol. The number of benzene rings is 3. The van der Waals surface area contributed by atoms with Crippen LogP contribution in [0.4, 0.5) is 17.1 Å². The van der Waals surface area contributed by atoms with Gasteiger partial charge in [0, 0.05) is 24.0 Å². The molecular formula is C24H25N3O5S. The Morgan fingerprint density at radius 2 is 1.33 bits per heavy atom. The van der Waals surface area contributed by atoms with Gasteiger partial charge in [0.25, 0.3) is 15.9 Å². The van der Waals surface area contributed by atoms with Gasteiger partial charge in [-0.05, 0) is 85.6 Å². The number of carbonyl (C=O) groups is 2. The molecule has 0 heterocycles. The number of hydrogen-bond donors (Lipinski definition) is 3. The predicted molar refractivity (Wildman–Crippen MR) is 128 cm³/mol. The van der Waals surface area contributed by atoms with E-state index >= 15 is 0 Å². The summed E-state index contributed by atoms with van der Waals surface area (Å²) in [5, 5.41) is 5.32. The summed E-state index contributed by atoms with van der Waals surface area (Å²) in [6.45, 7) is 4.96. The number of carbonyl (C=O) groups excluding carboxylic acids is 2. The summed E-state index contributed by atoms with van der Waals surface area (Å²) in [4.78, 5) is 23.2. The maximum absolute atomic E-state index is 12.6. The van der Waals surface area contributed by atoms with Gasteiger partial charge in [0.1, 0.15) is 5.75 Å². The molecule has 0 bridgehead atoms. The number of amides is 2. The van der Waals surface area contributed by atoms with E-state index < -0.39 is 10.0 Å². The van der Waals surface area contributed by atoms with Gasteiger partial charge in [0.05, 0.1) is 4.90 Å². The van der Waals surface area contributed by atoms with Gasteiger partial charge in [-0.3, -0.25) is 14.3 Å². The smallest absolute Gasteiger partial charge is 0.262 e. The van der Waals surface area contributed by atoms with Crippen molar-refractivity contribution in [2.75, 3.05) is 22.0 Å². The van der Waals surface area contributed by atoms with Crippen molar-refractivity contribution in [3.05, 3.63) is 77.9 Å². The average molecular weight is 468 g/mol. The highest BCUT2D eigenvalue weighted by atomic mass is 32.2. The largest absolute Gasteiger partial charge is 0.484 e. The van der Waals surface area contributed by atoms with E-state index in [1.54, 1.807) is 36.4 Å². The lowest BCUT2D eigenvalue weighted by Crippen LogP contribution is -2.20. The first kappa shape index (κ1) is 23.8. The Balaban J connectivity index is 1.55. The summed E-state index contributed by atoms with van der Waals surface area (Å²) in [6, 6.07) is 17.9. The maximum Gasteiger partial charge on any atom is 0.262 e. The van der Waals surface area contributed by atoms with Gasteiger partial charge in [-0.15, -0.1) is 0 Å². The van der Waals surface area contributed by atoms with E-state index in [-0.39, 0.29) is 23.3 Å². The van der Waals surface area contributed by atoms with Gasteiger partial charge in [-0.25, -0.2) is 8.42 Å². The molecule has 0 aliphatic rings. The van der Waals surface area contributed by atoms with Gasteiger partial charge in [-0.1, -0.05) is 6.07 Å². The second-order valence-corrected chi connectivity index (χ2v) is 9.23. The molecule has 0 fully saturated rings. The quantitative estimate of drug-likeness (QED) is 0.462. The first-order valence-electron chi connectivity index (χ1n) is 10.1. The van der Waals surface area contributed by atoms with Crippen LogP contribution in [0.1, 0.15) is 18.1 Å². The van der Waals surface area contributed by atoms with E-state index in [1.165, 1.54) is 31.2 Å². The molecule has 3 rings (SSSR count). The first-order valence-corrected chi connectivity index (χ1v) is 11.6. The molecule has 0 radical (unpaired) electrons. The minimum Gasteiger partial charge on any atom is -0.484 e. The van der Waals surface area contributed by atoms with Crippen LogP contribution in [0.3, 0.4) is 0 Å². The van der Waals surface area contributed by atoms with Crippen LogP contribution >= 0.6 is 0 Å². The summed E-state index contributed by atoms with van der Waals surface area (Å²) >= 11 is 0. The fourth-order valence-corrected chi connectivity index (χ4v) is 4.19. The van der Waals surface area contributed by atoms with E-state index in [1.807, 2.05) is 19.9 Å². The SMILES string of the molecule is CC(=O)Nc1ccc(NC(=O)COc2ccc(S(=O)(=O)Nc3cc(C)cc(C)c3)cc2)cc1. The minimum absolute atomic E-state index is 0.0812. The molecule has 0 aromatic heterocycles. The topological polar surface area (TPSA) is 114 Å². The van der Waals surface area contributed by atoms with Crippen LogP contribution in [0.5, 0.6) is 5.75 Å². The lowest BCUT2D eigenvalue weighted by molar-refractivity contribution is -0.118. The van der Waals surface area contributed by atoms with Crippen LogP contribution in [-0.2, 0) is 19.6 Å². The predicted octanol–water partition coefficient (Wildman–Crippen LogP) is 4.08. The van der Waals surface area contributed by atoms with E-state index in [9.17, 15) is 18.0 Å². The monoisotopic (exact) mass is 467 g/mol. The maximum atomic E-state index is 12.6. The molecule has 8 nitrogen and oxygen atoms in total. The molecule has 3 aromatic rings. The zero-order chi connectivity index (χ0) is 24.0. The zero-order valence-corrected chi connectivity index (χ0v) is 19.3. The fraction of sp³-hybridized carbons (Fsp3) is 0.167. The average Bonchev–Trinajstić information content (AvgIpc) is 2.72. The highest BCUT2D eigenvalue weighted by Crippen LogP contribution is 2.21. The highest BCUT2D eigenvalue weighted by Gasteiger charge is 2.15.